The van der Waals surface area contributed by atoms with Crippen molar-refractivity contribution in [1.82, 2.24) is 5.32 Å². The van der Waals surface area contributed by atoms with Crippen LogP contribution in [0.3, 0.4) is 0 Å². The highest BCUT2D eigenvalue weighted by atomic mass is 19.1. The highest BCUT2D eigenvalue weighted by Crippen LogP contribution is 2.61. The molecule has 1 amide bonds. The maximum Gasteiger partial charge on any atom is 0.223 e. The first-order chi connectivity index (χ1) is 14.5. The van der Waals surface area contributed by atoms with Crippen molar-refractivity contribution in [3.8, 4) is 6.19 Å². The van der Waals surface area contributed by atoms with E-state index in [1.54, 1.807) is 12.1 Å². The molecule has 1 aromatic rings. The third-order valence-electron chi connectivity index (χ3n) is 8.49. The summed E-state index contributed by atoms with van der Waals surface area (Å²) < 4.78 is 14.1. The maximum absolute atomic E-state index is 14.1. The molecule has 5 aliphatic carbocycles. The molecule has 5 aliphatic rings. The van der Waals surface area contributed by atoms with Gasteiger partial charge in [-0.2, -0.15) is 5.26 Å². The van der Waals surface area contributed by atoms with Crippen molar-refractivity contribution < 1.29 is 9.18 Å². The third kappa shape index (κ3) is 2.93. The number of halogens is 1. The van der Waals surface area contributed by atoms with E-state index in [9.17, 15) is 14.4 Å². The van der Waals surface area contributed by atoms with Crippen LogP contribution in [-0.2, 0) is 10.2 Å². The van der Waals surface area contributed by atoms with Gasteiger partial charge in [0, 0.05) is 5.41 Å². The molecule has 158 valence electrons. The van der Waals surface area contributed by atoms with E-state index in [4.69, 9.17) is 10.7 Å². The van der Waals surface area contributed by atoms with Gasteiger partial charge in [0.2, 0.25) is 5.91 Å². The lowest BCUT2D eigenvalue weighted by molar-refractivity contribution is -0.144. The summed E-state index contributed by atoms with van der Waals surface area (Å²) in [6.07, 6.45) is 10.6. The molecule has 4 bridgehead atoms. The number of amides is 1. The Morgan fingerprint density at radius 3 is 2.50 bits per heavy atom. The summed E-state index contributed by atoms with van der Waals surface area (Å²) in [4.78, 5) is 17.5. The molecule has 0 aromatic heterocycles. The van der Waals surface area contributed by atoms with Crippen molar-refractivity contribution in [3.05, 3.63) is 35.6 Å². The Morgan fingerprint density at radius 2 is 1.90 bits per heavy atom. The zero-order chi connectivity index (χ0) is 20.9. The Bertz CT molecular complexity index is 913. The zero-order valence-corrected chi connectivity index (χ0v) is 17.2. The van der Waals surface area contributed by atoms with Gasteiger partial charge in [0.05, 0.1) is 11.5 Å². The SMILES string of the molecule is N#CNC(=NC1C2CC3CC1CC(C(N)=O)(C3)C2)C1(c2cccc(F)c2)CCCC1. The first-order valence-corrected chi connectivity index (χ1v) is 11.3. The molecule has 1 aromatic carbocycles. The number of hydrogen-bond donors (Lipinski definition) is 2. The molecular weight excluding hydrogens is 379 g/mol. The Balaban J connectivity index is 1.53. The van der Waals surface area contributed by atoms with Crippen LogP contribution in [0.2, 0.25) is 0 Å². The fourth-order valence-corrected chi connectivity index (χ4v) is 7.41. The number of nitrogens with two attached hydrogens (primary N) is 1. The summed E-state index contributed by atoms with van der Waals surface area (Å²) in [5.41, 5.74) is 5.95. The van der Waals surface area contributed by atoms with Crippen LogP contribution in [-0.4, -0.2) is 17.8 Å². The number of aliphatic imine (C=N–C) groups is 1. The van der Waals surface area contributed by atoms with Crippen LogP contribution in [0.5, 0.6) is 0 Å². The van der Waals surface area contributed by atoms with Gasteiger partial charge in [-0.05, 0) is 80.4 Å². The topological polar surface area (TPSA) is 91.3 Å². The third-order valence-corrected chi connectivity index (χ3v) is 8.49. The molecule has 30 heavy (non-hydrogen) atoms. The van der Waals surface area contributed by atoms with Crippen molar-refractivity contribution in [2.24, 2.45) is 33.9 Å². The average molecular weight is 409 g/mol. The summed E-state index contributed by atoms with van der Waals surface area (Å²) >= 11 is 0. The maximum atomic E-state index is 14.1. The highest BCUT2D eigenvalue weighted by molar-refractivity contribution is 5.94. The number of rotatable bonds is 4. The van der Waals surface area contributed by atoms with Gasteiger partial charge in [-0.15, -0.1) is 0 Å². The second-order valence-electron chi connectivity index (χ2n) is 10.1. The normalized spacial score (nSPS) is 36.5. The van der Waals surface area contributed by atoms with E-state index in [1.807, 2.05) is 6.07 Å². The Hall–Kier alpha value is -2.42. The Kier molecular flexibility index (Phi) is 4.61. The second-order valence-corrected chi connectivity index (χ2v) is 10.1. The van der Waals surface area contributed by atoms with Crippen molar-refractivity contribution >= 4 is 11.7 Å². The Morgan fingerprint density at radius 1 is 1.20 bits per heavy atom. The summed E-state index contributed by atoms with van der Waals surface area (Å²) in [6.45, 7) is 0. The molecule has 2 unspecified atom stereocenters. The van der Waals surface area contributed by atoms with E-state index in [0.717, 1.165) is 63.4 Å². The Labute approximate surface area is 176 Å². The molecule has 0 saturated heterocycles. The van der Waals surface area contributed by atoms with Crippen molar-refractivity contribution in [2.75, 3.05) is 0 Å². The lowest BCUT2D eigenvalue weighted by Gasteiger charge is -2.58. The first-order valence-electron chi connectivity index (χ1n) is 11.3. The minimum absolute atomic E-state index is 0.107. The molecule has 0 heterocycles. The standard InChI is InChI=1S/C24H29FN4O/c25-19-5-3-4-18(10-19)24(6-1-2-7-24)22(28-14-26)29-20-16-8-15-9-17(20)13-23(11-15,12-16)21(27)30/h3-5,10,15-17,20H,1-2,6-9,11-13H2,(H2,27,30)(H,28,29). The second kappa shape index (κ2) is 7.08. The van der Waals surface area contributed by atoms with Crippen LogP contribution in [0.25, 0.3) is 0 Å². The molecular formula is C24H29FN4O. The molecule has 6 rings (SSSR count). The summed E-state index contributed by atoms with van der Waals surface area (Å²) in [5.74, 6) is 1.53. The molecule has 6 heteroatoms. The largest absolute Gasteiger partial charge is 0.369 e. The lowest BCUT2D eigenvalue weighted by atomic mass is 9.47. The summed E-state index contributed by atoms with van der Waals surface area (Å²) in [6, 6.07) is 6.87. The van der Waals surface area contributed by atoms with E-state index in [2.05, 4.69) is 11.5 Å². The quantitative estimate of drug-likeness (QED) is 0.344. The summed E-state index contributed by atoms with van der Waals surface area (Å²) in [5, 5.41) is 12.4. The van der Waals surface area contributed by atoms with Crippen molar-refractivity contribution in [3.63, 3.8) is 0 Å². The van der Waals surface area contributed by atoms with Gasteiger partial charge >= 0.3 is 0 Å². The minimum atomic E-state index is -0.437. The fourth-order valence-electron chi connectivity index (χ4n) is 7.41. The average Bonchev–Trinajstić information content (AvgIpc) is 3.20. The van der Waals surface area contributed by atoms with Crippen LogP contribution in [0.1, 0.15) is 63.4 Å². The number of nitrogens with zero attached hydrogens (tertiary/aromatic N) is 2. The van der Waals surface area contributed by atoms with E-state index in [-0.39, 0.29) is 23.2 Å². The molecule has 3 N–H and O–H groups in total. The van der Waals surface area contributed by atoms with Crippen LogP contribution in [0.4, 0.5) is 4.39 Å². The molecule has 0 radical (unpaired) electrons. The molecule has 5 saturated carbocycles. The van der Waals surface area contributed by atoms with E-state index in [1.165, 1.54) is 6.07 Å². The molecule has 0 aliphatic heterocycles. The molecule has 2 atom stereocenters. The van der Waals surface area contributed by atoms with E-state index in [0.29, 0.717) is 23.6 Å². The number of primary amides is 1. The first kappa shape index (κ1) is 19.5. The fraction of sp³-hybridized carbons (Fsp3) is 0.625. The summed E-state index contributed by atoms with van der Waals surface area (Å²) in [7, 11) is 0. The minimum Gasteiger partial charge on any atom is -0.369 e. The number of amidine groups is 1. The van der Waals surface area contributed by atoms with Crippen LogP contribution >= 0.6 is 0 Å². The lowest BCUT2D eigenvalue weighted by Crippen LogP contribution is -2.58. The number of benzene rings is 1. The number of carbonyl (C=O) groups excluding carboxylic acids is 1. The number of nitriles is 1. The molecule has 5 nitrogen and oxygen atoms in total. The molecule has 0 spiro atoms. The van der Waals surface area contributed by atoms with Crippen molar-refractivity contribution in [1.29, 1.82) is 5.26 Å². The van der Waals surface area contributed by atoms with Crippen LogP contribution < -0.4 is 11.1 Å². The number of hydrogen-bond acceptors (Lipinski definition) is 3. The van der Waals surface area contributed by atoms with Gasteiger partial charge in [-0.3, -0.25) is 15.1 Å². The van der Waals surface area contributed by atoms with Gasteiger partial charge in [0.15, 0.2) is 6.19 Å². The predicted octanol–water partition coefficient (Wildman–Crippen LogP) is 3.79. The monoisotopic (exact) mass is 408 g/mol. The van der Waals surface area contributed by atoms with Gasteiger partial charge < -0.3 is 5.73 Å². The van der Waals surface area contributed by atoms with E-state index < -0.39 is 5.41 Å². The van der Waals surface area contributed by atoms with Gasteiger partial charge in [0.25, 0.3) is 0 Å². The zero-order valence-electron chi connectivity index (χ0n) is 17.2. The number of carbonyl (C=O) groups is 1. The van der Waals surface area contributed by atoms with Gasteiger partial charge in [-0.1, -0.05) is 25.0 Å². The van der Waals surface area contributed by atoms with Crippen LogP contribution in [0, 0.1) is 40.4 Å². The van der Waals surface area contributed by atoms with Crippen molar-refractivity contribution in [2.45, 2.75) is 69.2 Å². The predicted molar refractivity (Wildman–Crippen MR) is 112 cm³/mol. The smallest absolute Gasteiger partial charge is 0.223 e. The number of nitrogens with one attached hydrogen (secondary N) is 1. The van der Waals surface area contributed by atoms with Gasteiger partial charge in [-0.25, -0.2) is 4.39 Å². The van der Waals surface area contributed by atoms with Gasteiger partial charge in [0.1, 0.15) is 11.7 Å². The van der Waals surface area contributed by atoms with Crippen LogP contribution in [0.15, 0.2) is 29.3 Å². The highest BCUT2D eigenvalue weighted by Gasteiger charge is 2.58. The van der Waals surface area contributed by atoms with E-state index >= 15 is 0 Å². The molecule has 5 fully saturated rings.